The van der Waals surface area contributed by atoms with Gasteiger partial charge in [-0.1, -0.05) is 12.1 Å². The summed E-state index contributed by atoms with van der Waals surface area (Å²) >= 11 is 1.35. The first-order valence-corrected chi connectivity index (χ1v) is 6.40. The minimum atomic E-state index is -0.659. The Hall–Kier alpha value is -1.68. The zero-order valence-electron chi connectivity index (χ0n) is 9.24. The summed E-state index contributed by atoms with van der Waals surface area (Å²) in [6.07, 6.45) is 0. The van der Waals surface area contributed by atoms with Crippen LogP contribution in [0.5, 0.6) is 0 Å². The Morgan fingerprint density at radius 3 is 2.56 bits per heavy atom. The highest BCUT2D eigenvalue weighted by Gasteiger charge is 2.26. The van der Waals surface area contributed by atoms with Crippen molar-refractivity contribution in [1.82, 2.24) is 0 Å². The van der Waals surface area contributed by atoms with Crippen LogP contribution in [0.1, 0.15) is 21.5 Å². The summed E-state index contributed by atoms with van der Waals surface area (Å²) in [5.41, 5.74) is 0.458. The lowest BCUT2D eigenvalue weighted by molar-refractivity contribution is 0.103. The topological polar surface area (TPSA) is 17.1 Å². The predicted molar refractivity (Wildman–Crippen MR) is 65.8 cm³/mol. The van der Waals surface area contributed by atoms with Crippen molar-refractivity contribution in [2.24, 2.45) is 0 Å². The third kappa shape index (κ3) is 1.64. The van der Waals surface area contributed by atoms with Gasteiger partial charge in [-0.15, -0.1) is 11.8 Å². The van der Waals surface area contributed by atoms with Crippen LogP contribution in [-0.2, 0) is 5.75 Å². The number of fused-ring (bicyclic) bond motifs is 2. The number of hydrogen-bond acceptors (Lipinski definition) is 2. The fourth-order valence-corrected chi connectivity index (χ4v) is 3.12. The summed E-state index contributed by atoms with van der Waals surface area (Å²) in [6.45, 7) is 0. The van der Waals surface area contributed by atoms with E-state index in [0.717, 1.165) is 17.0 Å². The van der Waals surface area contributed by atoms with Gasteiger partial charge in [0.05, 0.1) is 5.56 Å². The standard InChI is InChI=1S/C14H8F2OS/c15-10-5-6-11(16)13-9(10)7-18-12-4-2-1-3-8(12)14(13)17/h1-6H,7H2. The van der Waals surface area contributed by atoms with Gasteiger partial charge in [-0.25, -0.2) is 8.78 Å². The molecule has 1 aliphatic rings. The number of carbonyl (C=O) groups is 1. The molecule has 2 aromatic rings. The van der Waals surface area contributed by atoms with Crippen LogP contribution >= 0.6 is 11.8 Å². The van der Waals surface area contributed by atoms with Crippen LogP contribution in [0.3, 0.4) is 0 Å². The Balaban J connectivity index is 2.29. The molecule has 0 bridgehead atoms. The summed E-state index contributed by atoms with van der Waals surface area (Å²) < 4.78 is 27.5. The minimum absolute atomic E-state index is 0.132. The van der Waals surface area contributed by atoms with Gasteiger partial charge in [0.25, 0.3) is 0 Å². The van der Waals surface area contributed by atoms with Gasteiger partial charge in [0.2, 0.25) is 0 Å². The third-order valence-electron chi connectivity index (χ3n) is 2.94. The molecular formula is C14H8F2OS. The summed E-state index contributed by atoms with van der Waals surface area (Å²) in [6, 6.07) is 9.04. The maximum Gasteiger partial charge on any atom is 0.197 e. The first-order valence-electron chi connectivity index (χ1n) is 5.42. The van der Waals surface area contributed by atoms with E-state index in [1.54, 1.807) is 18.2 Å². The summed E-state index contributed by atoms with van der Waals surface area (Å²) in [7, 11) is 0. The molecule has 0 unspecified atom stereocenters. The van der Waals surface area contributed by atoms with Crippen molar-refractivity contribution >= 4 is 17.5 Å². The molecule has 0 N–H and O–H groups in total. The summed E-state index contributed by atoms with van der Waals surface area (Å²) in [5, 5.41) is 0. The van der Waals surface area contributed by atoms with Gasteiger partial charge in [0, 0.05) is 21.8 Å². The number of rotatable bonds is 0. The molecule has 0 amide bonds. The summed E-state index contributed by atoms with van der Waals surface area (Å²) in [4.78, 5) is 13.0. The number of carbonyl (C=O) groups excluding carboxylic acids is 1. The highest BCUT2D eigenvalue weighted by atomic mass is 32.2. The van der Waals surface area contributed by atoms with Crippen molar-refractivity contribution in [2.45, 2.75) is 10.6 Å². The Labute approximate surface area is 107 Å². The lowest BCUT2D eigenvalue weighted by Crippen LogP contribution is -2.08. The Bertz CT molecular complexity index is 652. The predicted octanol–water partition coefficient (Wildman–Crippen LogP) is 3.80. The van der Waals surface area contributed by atoms with Gasteiger partial charge in [-0.2, -0.15) is 0 Å². The maximum atomic E-state index is 13.8. The maximum absolute atomic E-state index is 13.8. The molecule has 90 valence electrons. The van der Waals surface area contributed by atoms with E-state index in [1.165, 1.54) is 11.8 Å². The van der Waals surface area contributed by atoms with Crippen molar-refractivity contribution in [3.05, 3.63) is 64.7 Å². The zero-order chi connectivity index (χ0) is 12.7. The highest BCUT2D eigenvalue weighted by Crippen LogP contribution is 2.35. The lowest BCUT2D eigenvalue weighted by atomic mass is 9.98. The smallest absolute Gasteiger partial charge is 0.197 e. The molecule has 1 heterocycles. The second kappa shape index (κ2) is 4.21. The lowest BCUT2D eigenvalue weighted by Gasteiger charge is -2.06. The van der Waals surface area contributed by atoms with E-state index in [2.05, 4.69) is 0 Å². The van der Waals surface area contributed by atoms with Crippen LogP contribution in [0.4, 0.5) is 8.78 Å². The molecule has 0 aromatic heterocycles. The number of ketones is 1. The molecule has 2 aromatic carbocycles. The van der Waals surface area contributed by atoms with Crippen LogP contribution < -0.4 is 0 Å². The number of hydrogen-bond donors (Lipinski definition) is 0. The molecule has 4 heteroatoms. The van der Waals surface area contributed by atoms with Crippen molar-refractivity contribution in [3.63, 3.8) is 0 Å². The molecule has 1 nitrogen and oxygen atoms in total. The second-order valence-electron chi connectivity index (χ2n) is 4.00. The zero-order valence-corrected chi connectivity index (χ0v) is 10.1. The largest absolute Gasteiger partial charge is 0.288 e. The van der Waals surface area contributed by atoms with Gasteiger partial charge in [-0.3, -0.25) is 4.79 Å². The van der Waals surface area contributed by atoms with Gasteiger partial charge < -0.3 is 0 Å². The first-order chi connectivity index (χ1) is 8.68. The molecule has 0 saturated heterocycles. The quantitative estimate of drug-likeness (QED) is 0.718. The molecule has 0 radical (unpaired) electrons. The van der Waals surface area contributed by atoms with Crippen molar-refractivity contribution in [1.29, 1.82) is 0 Å². The van der Waals surface area contributed by atoms with Crippen LogP contribution in [-0.4, -0.2) is 5.78 Å². The van der Waals surface area contributed by atoms with E-state index in [1.807, 2.05) is 6.07 Å². The van der Waals surface area contributed by atoms with E-state index in [0.29, 0.717) is 5.56 Å². The first kappa shape index (κ1) is 11.4. The van der Waals surface area contributed by atoms with Gasteiger partial charge in [0.1, 0.15) is 11.6 Å². The molecule has 3 rings (SSSR count). The number of benzene rings is 2. The molecular weight excluding hydrogens is 254 g/mol. The van der Waals surface area contributed by atoms with Gasteiger partial charge in [-0.05, 0) is 24.3 Å². The second-order valence-corrected chi connectivity index (χ2v) is 5.01. The molecule has 0 spiro atoms. The van der Waals surface area contributed by atoms with Crippen molar-refractivity contribution < 1.29 is 13.6 Å². The van der Waals surface area contributed by atoms with Crippen LogP contribution in [0.2, 0.25) is 0 Å². The minimum Gasteiger partial charge on any atom is -0.288 e. The molecule has 0 fully saturated rings. The van der Waals surface area contributed by atoms with Gasteiger partial charge in [0.15, 0.2) is 5.78 Å². The fourth-order valence-electron chi connectivity index (χ4n) is 2.05. The Kier molecular flexibility index (Phi) is 2.67. The van der Waals surface area contributed by atoms with Gasteiger partial charge >= 0.3 is 0 Å². The van der Waals surface area contributed by atoms with E-state index in [4.69, 9.17) is 0 Å². The molecule has 0 aliphatic carbocycles. The van der Waals surface area contributed by atoms with E-state index in [-0.39, 0.29) is 16.9 Å². The number of thioether (sulfide) groups is 1. The third-order valence-corrected chi connectivity index (χ3v) is 4.04. The monoisotopic (exact) mass is 262 g/mol. The van der Waals surface area contributed by atoms with Crippen molar-refractivity contribution in [2.75, 3.05) is 0 Å². The normalized spacial score (nSPS) is 13.8. The fraction of sp³-hybridized carbons (Fsp3) is 0.0714. The van der Waals surface area contributed by atoms with E-state index in [9.17, 15) is 13.6 Å². The average Bonchev–Trinajstić information content (AvgIpc) is 2.53. The molecule has 1 aliphatic heterocycles. The van der Waals surface area contributed by atoms with Crippen molar-refractivity contribution in [3.8, 4) is 0 Å². The number of halogens is 2. The Morgan fingerprint density at radius 2 is 1.72 bits per heavy atom. The van der Waals surface area contributed by atoms with Crippen LogP contribution in [0, 0.1) is 11.6 Å². The van der Waals surface area contributed by atoms with E-state index >= 15 is 0 Å². The Morgan fingerprint density at radius 1 is 1.00 bits per heavy atom. The SMILES string of the molecule is O=C1c2ccccc2SCc2c(F)ccc(F)c21. The van der Waals surface area contributed by atoms with Crippen LogP contribution in [0.15, 0.2) is 41.3 Å². The summed E-state index contributed by atoms with van der Waals surface area (Å²) in [5.74, 6) is -1.36. The molecule has 0 atom stereocenters. The highest BCUT2D eigenvalue weighted by molar-refractivity contribution is 7.98. The van der Waals surface area contributed by atoms with Crippen LogP contribution in [0.25, 0.3) is 0 Å². The van der Waals surface area contributed by atoms with E-state index < -0.39 is 17.4 Å². The average molecular weight is 262 g/mol. The molecule has 0 saturated carbocycles. The molecule has 18 heavy (non-hydrogen) atoms.